The molecule has 0 spiro atoms. The number of hydrazone groups is 1. The van der Waals surface area contributed by atoms with Crippen LogP contribution in [-0.2, 0) is 10.0 Å². The van der Waals surface area contributed by atoms with Gasteiger partial charge in [-0.15, -0.1) is 0 Å². The maximum atomic E-state index is 12.1. The highest BCUT2D eigenvalue weighted by molar-refractivity contribution is 7.89. The summed E-state index contributed by atoms with van der Waals surface area (Å²) >= 11 is 0. The van der Waals surface area contributed by atoms with Gasteiger partial charge in [-0.05, 0) is 25.1 Å². The minimum atomic E-state index is -3.68. The largest absolute Gasteiger partial charge is 0.276 e. The van der Waals surface area contributed by atoms with Crippen molar-refractivity contribution in [1.29, 1.82) is 0 Å². The number of rotatable bonds is 4. The van der Waals surface area contributed by atoms with Crippen molar-refractivity contribution in [1.82, 2.24) is 14.8 Å². The normalized spacial score (nSPS) is 11.9. The molecule has 0 aliphatic rings. The fraction of sp³-hybridized carbons (Fsp3) is 0.0625. The Kier molecular flexibility index (Phi) is 4.03. The van der Waals surface area contributed by atoms with Crippen molar-refractivity contribution >= 4 is 27.3 Å². The molecule has 1 heterocycles. The number of nitrogens with one attached hydrogen (secondary N) is 1. The number of hydrogen-bond acceptors (Lipinski definition) is 5. The van der Waals surface area contributed by atoms with E-state index in [2.05, 4.69) is 19.9 Å². The van der Waals surface area contributed by atoms with E-state index in [1.54, 1.807) is 30.6 Å². The fourth-order valence-electron chi connectivity index (χ4n) is 2.05. The molecule has 0 bridgehead atoms. The van der Waals surface area contributed by atoms with Crippen molar-refractivity contribution in [2.75, 3.05) is 0 Å². The van der Waals surface area contributed by atoms with Gasteiger partial charge in [0.15, 0.2) is 0 Å². The Labute approximate surface area is 134 Å². The lowest BCUT2D eigenvalue weighted by molar-refractivity contribution is 0.584. The lowest BCUT2D eigenvalue weighted by Crippen LogP contribution is -2.18. The van der Waals surface area contributed by atoms with Crippen LogP contribution in [-0.4, -0.2) is 24.6 Å². The van der Waals surface area contributed by atoms with Gasteiger partial charge < -0.3 is 0 Å². The van der Waals surface area contributed by atoms with Gasteiger partial charge in [0, 0.05) is 18.0 Å². The van der Waals surface area contributed by atoms with E-state index in [4.69, 9.17) is 0 Å². The van der Waals surface area contributed by atoms with Crippen LogP contribution in [0.15, 0.2) is 64.9 Å². The van der Waals surface area contributed by atoms with E-state index in [1.807, 2.05) is 19.1 Å². The van der Waals surface area contributed by atoms with Crippen LogP contribution < -0.4 is 4.83 Å². The summed E-state index contributed by atoms with van der Waals surface area (Å²) in [5.41, 5.74) is 3.05. The lowest BCUT2D eigenvalue weighted by Gasteiger charge is -2.04. The maximum absolute atomic E-state index is 12.1. The second-order valence-electron chi connectivity index (χ2n) is 4.94. The predicted molar refractivity (Wildman–Crippen MR) is 88.6 cm³/mol. The molecule has 1 aromatic heterocycles. The number of nitrogens with zero attached hydrogens (tertiary/aromatic N) is 3. The molecule has 3 rings (SSSR count). The highest BCUT2D eigenvalue weighted by atomic mass is 32.2. The predicted octanol–water partition coefficient (Wildman–Crippen LogP) is 2.25. The minimum Gasteiger partial charge on any atom is -0.253 e. The second-order valence-corrected chi connectivity index (χ2v) is 6.60. The second kappa shape index (κ2) is 6.13. The fourth-order valence-corrected chi connectivity index (χ4v) is 2.85. The molecule has 0 fully saturated rings. The van der Waals surface area contributed by atoms with E-state index in [0.717, 1.165) is 11.1 Å². The van der Waals surface area contributed by atoms with Crippen molar-refractivity contribution in [3.05, 3.63) is 66.0 Å². The molecule has 0 atom stereocenters. The van der Waals surface area contributed by atoms with Crippen molar-refractivity contribution < 1.29 is 8.42 Å². The third kappa shape index (κ3) is 3.35. The van der Waals surface area contributed by atoms with E-state index in [0.29, 0.717) is 11.1 Å². The molecule has 1 N–H and O–H groups in total. The molecule has 0 saturated carbocycles. The Morgan fingerprint density at radius 2 is 1.78 bits per heavy atom. The van der Waals surface area contributed by atoms with E-state index in [1.165, 1.54) is 18.3 Å². The van der Waals surface area contributed by atoms with E-state index >= 15 is 0 Å². The summed E-state index contributed by atoms with van der Waals surface area (Å²) in [6, 6.07) is 12.0. The first-order valence-electron chi connectivity index (χ1n) is 6.87. The molecule has 0 aliphatic carbocycles. The molecule has 6 nitrogen and oxygen atoms in total. The van der Waals surface area contributed by atoms with Crippen LogP contribution in [0.1, 0.15) is 11.1 Å². The van der Waals surface area contributed by atoms with Crippen LogP contribution in [0.5, 0.6) is 0 Å². The number of aromatic nitrogens is 2. The molecule has 0 amide bonds. The van der Waals surface area contributed by atoms with Gasteiger partial charge in [-0.25, -0.2) is 4.83 Å². The first-order valence-corrected chi connectivity index (χ1v) is 8.36. The zero-order valence-corrected chi connectivity index (χ0v) is 13.2. The topological polar surface area (TPSA) is 84.3 Å². The lowest BCUT2D eigenvalue weighted by atomic mass is 10.2. The van der Waals surface area contributed by atoms with E-state index < -0.39 is 10.0 Å². The molecule has 2 aromatic carbocycles. The van der Waals surface area contributed by atoms with Crippen molar-refractivity contribution in [3.8, 4) is 0 Å². The van der Waals surface area contributed by atoms with Crippen LogP contribution in [0.4, 0.5) is 0 Å². The van der Waals surface area contributed by atoms with Gasteiger partial charge in [0.05, 0.1) is 22.1 Å². The number of para-hydroxylation sites is 1. The summed E-state index contributed by atoms with van der Waals surface area (Å²) in [5.74, 6) is 0. The van der Waals surface area contributed by atoms with Crippen LogP contribution in [0, 0.1) is 6.92 Å². The highest BCUT2D eigenvalue weighted by Crippen LogP contribution is 2.12. The number of benzene rings is 2. The molecule has 116 valence electrons. The summed E-state index contributed by atoms with van der Waals surface area (Å²) in [5, 5.41) is 3.83. The molecule has 0 aliphatic heterocycles. The van der Waals surface area contributed by atoms with Crippen molar-refractivity contribution in [3.63, 3.8) is 0 Å². The average molecular weight is 326 g/mol. The Bertz CT molecular complexity index is 962. The van der Waals surface area contributed by atoms with Crippen molar-refractivity contribution in [2.45, 2.75) is 11.8 Å². The van der Waals surface area contributed by atoms with Crippen LogP contribution in [0.25, 0.3) is 11.0 Å². The molecule has 0 unspecified atom stereocenters. The molecular formula is C16H14N4O2S. The smallest absolute Gasteiger partial charge is 0.253 e. The monoisotopic (exact) mass is 326 g/mol. The van der Waals surface area contributed by atoms with E-state index in [-0.39, 0.29) is 4.90 Å². The Hall–Kier alpha value is -2.80. The number of sulfonamides is 1. The Balaban J connectivity index is 1.84. The van der Waals surface area contributed by atoms with Gasteiger partial charge in [0.25, 0.3) is 10.0 Å². The molecule has 3 aromatic rings. The molecule has 0 radical (unpaired) electrons. The number of hydrogen-bond donors (Lipinski definition) is 1. The van der Waals surface area contributed by atoms with Crippen LogP contribution in [0.3, 0.4) is 0 Å². The third-order valence-corrected chi connectivity index (χ3v) is 4.48. The van der Waals surface area contributed by atoms with Crippen LogP contribution >= 0.6 is 0 Å². The highest BCUT2D eigenvalue weighted by Gasteiger charge is 2.11. The first-order chi connectivity index (χ1) is 11.1. The molecule has 0 saturated heterocycles. The van der Waals surface area contributed by atoms with Gasteiger partial charge in [-0.2, -0.15) is 13.5 Å². The van der Waals surface area contributed by atoms with Crippen molar-refractivity contribution in [2.24, 2.45) is 5.10 Å². The summed E-state index contributed by atoms with van der Waals surface area (Å²) in [6.07, 6.45) is 4.60. The standard InChI is InChI=1S/C16H14N4O2S/c1-12-5-7-14(8-6-12)23(21,22)20-19-11-13-3-2-4-15-16(13)18-10-9-17-15/h2-11,20H,1H3. The zero-order valence-electron chi connectivity index (χ0n) is 12.3. The van der Waals surface area contributed by atoms with Crippen LogP contribution in [0.2, 0.25) is 0 Å². The van der Waals surface area contributed by atoms with E-state index in [9.17, 15) is 8.42 Å². The average Bonchev–Trinajstić information content (AvgIpc) is 2.55. The quantitative estimate of drug-likeness (QED) is 0.589. The van der Waals surface area contributed by atoms with Gasteiger partial charge in [-0.1, -0.05) is 29.8 Å². The third-order valence-electron chi connectivity index (χ3n) is 3.24. The zero-order chi connectivity index (χ0) is 16.3. The SMILES string of the molecule is Cc1ccc(S(=O)(=O)NN=Cc2cccc3nccnc23)cc1. The Morgan fingerprint density at radius 1 is 1.04 bits per heavy atom. The van der Waals surface area contributed by atoms with Gasteiger partial charge in [0.2, 0.25) is 0 Å². The van der Waals surface area contributed by atoms with Gasteiger partial charge in [0.1, 0.15) is 0 Å². The van der Waals surface area contributed by atoms with Gasteiger partial charge >= 0.3 is 0 Å². The molecule has 23 heavy (non-hydrogen) atoms. The maximum Gasteiger partial charge on any atom is 0.276 e. The first kappa shape index (κ1) is 15.1. The van der Waals surface area contributed by atoms with Gasteiger partial charge in [-0.3, -0.25) is 9.97 Å². The number of fused-ring (bicyclic) bond motifs is 1. The summed E-state index contributed by atoms with van der Waals surface area (Å²) in [7, 11) is -3.68. The summed E-state index contributed by atoms with van der Waals surface area (Å²) < 4.78 is 24.3. The summed E-state index contributed by atoms with van der Waals surface area (Å²) in [6.45, 7) is 1.89. The number of aryl methyl sites for hydroxylation is 1. The summed E-state index contributed by atoms with van der Waals surface area (Å²) in [4.78, 5) is 10.8. The molecular weight excluding hydrogens is 312 g/mol. The molecule has 7 heteroatoms. The Morgan fingerprint density at radius 3 is 2.57 bits per heavy atom. The minimum absolute atomic E-state index is 0.165.